The molecule has 0 saturated carbocycles. The highest BCUT2D eigenvalue weighted by atomic mass is 32.2. The van der Waals surface area contributed by atoms with Crippen LogP contribution in [-0.4, -0.2) is 47.2 Å². The lowest BCUT2D eigenvalue weighted by Crippen LogP contribution is -2.29. The molecule has 5 heteroatoms. The number of rotatable bonds is 6. The van der Waals surface area contributed by atoms with Gasteiger partial charge in [-0.3, -0.25) is 9.00 Å². The number of hydrogen-bond acceptors (Lipinski definition) is 3. The second kappa shape index (κ2) is 7.28. The summed E-state index contributed by atoms with van der Waals surface area (Å²) in [6.45, 7) is 0.436. The first-order valence-corrected chi connectivity index (χ1v) is 7.33. The lowest BCUT2D eigenvalue weighted by atomic mass is 10.0. The lowest BCUT2D eigenvalue weighted by molar-refractivity contribution is -0.125. The SMILES string of the molecule is CN(C)C(=O)CS(=O)CC(CN)c1ccccc1. The van der Waals surface area contributed by atoms with E-state index in [9.17, 15) is 9.00 Å². The van der Waals surface area contributed by atoms with Gasteiger partial charge < -0.3 is 10.6 Å². The molecule has 4 nitrogen and oxygen atoms in total. The van der Waals surface area contributed by atoms with Crippen molar-refractivity contribution < 1.29 is 9.00 Å². The molecule has 1 aromatic carbocycles. The summed E-state index contributed by atoms with van der Waals surface area (Å²) in [4.78, 5) is 12.9. The zero-order chi connectivity index (χ0) is 13.5. The van der Waals surface area contributed by atoms with Crippen LogP contribution in [0, 0.1) is 0 Å². The van der Waals surface area contributed by atoms with Crippen LogP contribution in [0.5, 0.6) is 0 Å². The second-order valence-electron chi connectivity index (χ2n) is 4.38. The van der Waals surface area contributed by atoms with Crippen molar-refractivity contribution in [3.8, 4) is 0 Å². The highest BCUT2D eigenvalue weighted by Gasteiger charge is 2.16. The van der Waals surface area contributed by atoms with Crippen molar-refractivity contribution in [2.75, 3.05) is 32.1 Å². The Labute approximate surface area is 111 Å². The summed E-state index contributed by atoms with van der Waals surface area (Å²) in [6.07, 6.45) is 0. The molecular formula is C13H20N2O2S. The maximum Gasteiger partial charge on any atom is 0.234 e. The van der Waals surface area contributed by atoms with Crippen molar-refractivity contribution in [1.82, 2.24) is 4.90 Å². The van der Waals surface area contributed by atoms with E-state index in [0.717, 1.165) is 5.56 Å². The average molecular weight is 268 g/mol. The van der Waals surface area contributed by atoms with Crippen LogP contribution in [-0.2, 0) is 15.6 Å². The van der Waals surface area contributed by atoms with Crippen LogP contribution < -0.4 is 5.73 Å². The van der Waals surface area contributed by atoms with Crippen LogP contribution in [0.25, 0.3) is 0 Å². The van der Waals surface area contributed by atoms with E-state index in [-0.39, 0.29) is 17.6 Å². The Kier molecular flexibility index (Phi) is 6.01. The summed E-state index contributed by atoms with van der Waals surface area (Å²) in [5, 5.41) is 0. The Morgan fingerprint density at radius 2 is 1.94 bits per heavy atom. The Morgan fingerprint density at radius 3 is 2.44 bits per heavy atom. The molecule has 0 bridgehead atoms. The second-order valence-corrected chi connectivity index (χ2v) is 5.88. The van der Waals surface area contributed by atoms with E-state index in [1.54, 1.807) is 14.1 Å². The van der Waals surface area contributed by atoms with Gasteiger partial charge in [-0.2, -0.15) is 0 Å². The highest BCUT2D eigenvalue weighted by Crippen LogP contribution is 2.15. The molecule has 2 N–H and O–H groups in total. The third-order valence-corrected chi connectivity index (χ3v) is 4.07. The summed E-state index contributed by atoms with van der Waals surface area (Å²) in [6, 6.07) is 9.76. The van der Waals surface area contributed by atoms with Gasteiger partial charge in [0.1, 0.15) is 5.75 Å². The molecule has 18 heavy (non-hydrogen) atoms. The molecule has 0 aliphatic heterocycles. The minimum absolute atomic E-state index is 0.0435. The average Bonchev–Trinajstić information content (AvgIpc) is 2.36. The number of nitrogens with zero attached hydrogens (tertiary/aromatic N) is 1. The summed E-state index contributed by atoms with van der Waals surface area (Å²) >= 11 is 0. The molecule has 0 aliphatic rings. The van der Waals surface area contributed by atoms with Gasteiger partial charge in [-0.25, -0.2) is 0 Å². The van der Waals surface area contributed by atoms with Crippen LogP contribution >= 0.6 is 0 Å². The van der Waals surface area contributed by atoms with Crippen LogP contribution in [0.3, 0.4) is 0 Å². The van der Waals surface area contributed by atoms with Crippen LogP contribution in [0.15, 0.2) is 30.3 Å². The Hall–Kier alpha value is -1.20. The van der Waals surface area contributed by atoms with Crippen molar-refractivity contribution in [3.05, 3.63) is 35.9 Å². The number of carbonyl (C=O) groups is 1. The summed E-state index contributed by atoms with van der Waals surface area (Å²) in [7, 11) is 2.16. The number of nitrogens with two attached hydrogens (primary N) is 1. The molecule has 1 aromatic rings. The molecule has 0 spiro atoms. The fourth-order valence-corrected chi connectivity index (χ4v) is 3.00. The van der Waals surface area contributed by atoms with E-state index in [1.807, 2.05) is 30.3 Å². The van der Waals surface area contributed by atoms with Crippen LogP contribution in [0.1, 0.15) is 11.5 Å². The van der Waals surface area contributed by atoms with Crippen molar-refractivity contribution >= 4 is 16.7 Å². The van der Waals surface area contributed by atoms with Gasteiger partial charge in [-0.05, 0) is 5.56 Å². The van der Waals surface area contributed by atoms with Crippen LogP contribution in [0.4, 0.5) is 0 Å². The summed E-state index contributed by atoms with van der Waals surface area (Å²) in [5.41, 5.74) is 6.79. The first kappa shape index (κ1) is 14.9. The number of carbonyl (C=O) groups excluding carboxylic acids is 1. The Morgan fingerprint density at radius 1 is 1.33 bits per heavy atom. The molecule has 100 valence electrons. The standard InChI is InChI=1S/C13H20N2O2S/c1-15(2)13(16)10-18(17)9-12(8-14)11-6-4-3-5-7-11/h3-7,12H,8-10,14H2,1-2H3. The lowest BCUT2D eigenvalue weighted by Gasteiger charge is -2.15. The normalized spacial score (nSPS) is 13.9. The van der Waals surface area contributed by atoms with Gasteiger partial charge in [0.2, 0.25) is 5.91 Å². The van der Waals surface area contributed by atoms with Crippen molar-refractivity contribution in [3.63, 3.8) is 0 Å². The molecule has 2 atom stereocenters. The fourth-order valence-electron chi connectivity index (χ4n) is 1.58. The van der Waals surface area contributed by atoms with Gasteiger partial charge in [-0.15, -0.1) is 0 Å². The maximum atomic E-state index is 11.9. The summed E-state index contributed by atoms with van der Waals surface area (Å²) < 4.78 is 11.9. The molecule has 2 unspecified atom stereocenters. The monoisotopic (exact) mass is 268 g/mol. The molecule has 1 rings (SSSR count). The number of benzene rings is 1. The predicted molar refractivity (Wildman–Crippen MR) is 74.8 cm³/mol. The Balaban J connectivity index is 2.59. The van der Waals surface area contributed by atoms with Gasteiger partial charge in [0.25, 0.3) is 0 Å². The molecular weight excluding hydrogens is 248 g/mol. The van der Waals surface area contributed by atoms with Crippen molar-refractivity contribution in [2.45, 2.75) is 5.92 Å². The van der Waals surface area contributed by atoms with Gasteiger partial charge in [-0.1, -0.05) is 30.3 Å². The van der Waals surface area contributed by atoms with Gasteiger partial charge in [0, 0.05) is 43.1 Å². The van der Waals surface area contributed by atoms with E-state index in [4.69, 9.17) is 5.73 Å². The molecule has 0 radical (unpaired) electrons. The smallest absolute Gasteiger partial charge is 0.234 e. The number of amides is 1. The van der Waals surface area contributed by atoms with Crippen molar-refractivity contribution in [1.29, 1.82) is 0 Å². The predicted octanol–water partition coefficient (Wildman–Crippen LogP) is 0.566. The van der Waals surface area contributed by atoms with E-state index >= 15 is 0 Å². The summed E-state index contributed by atoms with van der Waals surface area (Å²) in [5.74, 6) is 0.426. The zero-order valence-corrected chi connectivity index (χ0v) is 11.7. The van der Waals surface area contributed by atoms with Gasteiger partial charge in [0.15, 0.2) is 0 Å². The third-order valence-electron chi connectivity index (χ3n) is 2.73. The van der Waals surface area contributed by atoms with Crippen molar-refractivity contribution in [2.24, 2.45) is 5.73 Å². The van der Waals surface area contributed by atoms with E-state index in [2.05, 4.69) is 0 Å². The first-order chi connectivity index (χ1) is 8.54. The fraction of sp³-hybridized carbons (Fsp3) is 0.462. The topological polar surface area (TPSA) is 63.4 Å². The molecule has 0 fully saturated rings. The zero-order valence-electron chi connectivity index (χ0n) is 10.8. The minimum atomic E-state index is -1.17. The van der Waals surface area contributed by atoms with E-state index in [0.29, 0.717) is 12.3 Å². The van der Waals surface area contributed by atoms with E-state index in [1.165, 1.54) is 4.90 Å². The van der Waals surface area contributed by atoms with Gasteiger partial charge in [0.05, 0.1) is 0 Å². The maximum absolute atomic E-state index is 11.9. The highest BCUT2D eigenvalue weighted by molar-refractivity contribution is 7.85. The van der Waals surface area contributed by atoms with Crippen LogP contribution in [0.2, 0.25) is 0 Å². The minimum Gasteiger partial charge on any atom is -0.348 e. The molecule has 1 amide bonds. The largest absolute Gasteiger partial charge is 0.348 e. The quantitative estimate of drug-likeness (QED) is 0.820. The molecule has 0 saturated heterocycles. The Bertz CT molecular complexity index is 407. The molecule has 0 aromatic heterocycles. The van der Waals surface area contributed by atoms with Gasteiger partial charge >= 0.3 is 0 Å². The first-order valence-electron chi connectivity index (χ1n) is 5.84. The number of hydrogen-bond donors (Lipinski definition) is 1. The molecule has 0 heterocycles. The van der Waals surface area contributed by atoms with E-state index < -0.39 is 10.8 Å². The third kappa shape index (κ3) is 4.58. The molecule has 0 aliphatic carbocycles.